The minimum atomic E-state index is -0.187. The summed E-state index contributed by atoms with van der Waals surface area (Å²) < 4.78 is 4.77. The predicted molar refractivity (Wildman–Crippen MR) is 62.6 cm³/mol. The summed E-state index contributed by atoms with van der Waals surface area (Å²) in [6, 6.07) is -0.133. The zero-order valence-electron chi connectivity index (χ0n) is 10.7. The zero-order valence-corrected chi connectivity index (χ0v) is 10.7. The minimum absolute atomic E-state index is 0.133. The van der Waals surface area contributed by atoms with Gasteiger partial charge in [-0.1, -0.05) is 20.8 Å². The molecular formula is C11H24N2O3. The molecule has 0 spiro atoms. The van der Waals surface area contributed by atoms with Crippen LogP contribution in [0.4, 0.5) is 0 Å². The number of nitrogens with two attached hydrogens (primary N) is 1. The molecule has 1 atom stereocenters. The lowest BCUT2D eigenvalue weighted by molar-refractivity contribution is -0.135. The van der Waals surface area contributed by atoms with E-state index >= 15 is 0 Å². The Labute approximate surface area is 97.6 Å². The number of carbonyl (C=O) groups is 1. The molecule has 16 heavy (non-hydrogen) atoms. The highest BCUT2D eigenvalue weighted by Crippen LogP contribution is 2.20. The van der Waals surface area contributed by atoms with Gasteiger partial charge in [0.1, 0.15) is 0 Å². The second-order valence-corrected chi connectivity index (χ2v) is 5.10. The fourth-order valence-electron chi connectivity index (χ4n) is 1.40. The van der Waals surface area contributed by atoms with Gasteiger partial charge in [-0.15, -0.1) is 0 Å². The average molecular weight is 232 g/mol. The molecule has 0 aromatic rings. The minimum Gasteiger partial charge on any atom is -0.382 e. The van der Waals surface area contributed by atoms with E-state index in [0.717, 1.165) is 6.42 Å². The summed E-state index contributed by atoms with van der Waals surface area (Å²) in [6.45, 7) is 7.09. The summed E-state index contributed by atoms with van der Waals surface area (Å²) in [5.41, 5.74) is 8.32. The SMILES string of the molecule is COCCONC(=O)CC(N)CC(C)(C)C. The van der Waals surface area contributed by atoms with Gasteiger partial charge in [-0.2, -0.15) is 0 Å². The molecule has 0 aliphatic carbocycles. The number of hydroxylamine groups is 1. The number of amides is 1. The highest BCUT2D eigenvalue weighted by molar-refractivity contribution is 5.75. The standard InChI is InChI=1S/C11H24N2O3/c1-11(2,3)8-9(12)7-10(14)13-16-6-5-15-4/h9H,5-8,12H2,1-4H3,(H,13,14). The van der Waals surface area contributed by atoms with E-state index in [1.54, 1.807) is 7.11 Å². The molecule has 0 aromatic heterocycles. The van der Waals surface area contributed by atoms with Crippen LogP contribution in [0, 0.1) is 5.41 Å². The van der Waals surface area contributed by atoms with Crippen molar-refractivity contribution in [1.82, 2.24) is 5.48 Å². The molecule has 1 unspecified atom stereocenters. The van der Waals surface area contributed by atoms with Crippen molar-refractivity contribution in [3.63, 3.8) is 0 Å². The molecule has 0 fully saturated rings. The van der Waals surface area contributed by atoms with Crippen LogP contribution in [0.25, 0.3) is 0 Å². The van der Waals surface area contributed by atoms with Gasteiger partial charge in [-0.3, -0.25) is 9.63 Å². The predicted octanol–water partition coefficient (Wildman–Crippen LogP) is 0.834. The van der Waals surface area contributed by atoms with Gasteiger partial charge in [-0.05, 0) is 11.8 Å². The van der Waals surface area contributed by atoms with Crippen LogP contribution in [0.2, 0.25) is 0 Å². The van der Waals surface area contributed by atoms with E-state index in [9.17, 15) is 4.79 Å². The quantitative estimate of drug-likeness (QED) is 0.504. The average Bonchev–Trinajstić information content (AvgIpc) is 2.09. The van der Waals surface area contributed by atoms with Crippen LogP contribution in [-0.2, 0) is 14.4 Å². The summed E-state index contributed by atoms with van der Waals surface area (Å²) in [5, 5.41) is 0. The van der Waals surface area contributed by atoms with Crippen molar-refractivity contribution in [3.05, 3.63) is 0 Å². The van der Waals surface area contributed by atoms with Crippen molar-refractivity contribution in [2.75, 3.05) is 20.3 Å². The van der Waals surface area contributed by atoms with Gasteiger partial charge in [0.05, 0.1) is 13.2 Å². The molecule has 96 valence electrons. The van der Waals surface area contributed by atoms with Gasteiger partial charge in [0.25, 0.3) is 0 Å². The van der Waals surface area contributed by atoms with Crippen LogP contribution in [-0.4, -0.2) is 32.3 Å². The Bertz CT molecular complexity index is 202. The number of carbonyl (C=O) groups excluding carboxylic acids is 1. The lowest BCUT2D eigenvalue weighted by Gasteiger charge is -2.22. The molecule has 0 saturated carbocycles. The van der Waals surface area contributed by atoms with Gasteiger partial charge in [0.2, 0.25) is 5.91 Å². The molecule has 0 radical (unpaired) electrons. The first-order chi connectivity index (χ1) is 7.35. The van der Waals surface area contributed by atoms with Crippen molar-refractivity contribution in [1.29, 1.82) is 0 Å². The summed E-state index contributed by atoms with van der Waals surface area (Å²) in [4.78, 5) is 16.2. The first kappa shape index (κ1) is 15.3. The Morgan fingerprint density at radius 3 is 2.50 bits per heavy atom. The highest BCUT2D eigenvalue weighted by atomic mass is 16.7. The number of hydrogen-bond donors (Lipinski definition) is 2. The van der Waals surface area contributed by atoms with Crippen molar-refractivity contribution in [3.8, 4) is 0 Å². The van der Waals surface area contributed by atoms with E-state index in [1.165, 1.54) is 0 Å². The van der Waals surface area contributed by atoms with Gasteiger partial charge in [-0.25, -0.2) is 5.48 Å². The molecule has 0 bridgehead atoms. The van der Waals surface area contributed by atoms with Crippen LogP contribution >= 0.6 is 0 Å². The largest absolute Gasteiger partial charge is 0.382 e. The molecule has 3 N–H and O–H groups in total. The normalized spacial score (nSPS) is 13.6. The Balaban J connectivity index is 3.62. The summed E-state index contributed by atoms with van der Waals surface area (Å²) in [6.07, 6.45) is 1.09. The second-order valence-electron chi connectivity index (χ2n) is 5.10. The van der Waals surface area contributed by atoms with Crippen LogP contribution < -0.4 is 11.2 Å². The van der Waals surface area contributed by atoms with Crippen molar-refractivity contribution < 1.29 is 14.4 Å². The summed E-state index contributed by atoms with van der Waals surface area (Å²) in [5.74, 6) is -0.187. The van der Waals surface area contributed by atoms with E-state index in [4.69, 9.17) is 15.3 Å². The Hall–Kier alpha value is -0.650. The Morgan fingerprint density at radius 2 is 2.00 bits per heavy atom. The monoisotopic (exact) mass is 232 g/mol. The molecule has 0 aliphatic rings. The molecular weight excluding hydrogens is 208 g/mol. The smallest absolute Gasteiger partial charge is 0.245 e. The second kappa shape index (κ2) is 7.60. The van der Waals surface area contributed by atoms with Crippen LogP contribution in [0.5, 0.6) is 0 Å². The molecule has 0 rings (SSSR count). The lowest BCUT2D eigenvalue weighted by atomic mass is 9.87. The number of ether oxygens (including phenoxy) is 1. The van der Waals surface area contributed by atoms with E-state index in [2.05, 4.69) is 26.3 Å². The van der Waals surface area contributed by atoms with Gasteiger partial charge < -0.3 is 10.5 Å². The molecule has 1 amide bonds. The van der Waals surface area contributed by atoms with E-state index in [-0.39, 0.29) is 23.8 Å². The number of rotatable bonds is 7. The summed E-state index contributed by atoms with van der Waals surface area (Å²) >= 11 is 0. The number of methoxy groups -OCH3 is 1. The van der Waals surface area contributed by atoms with E-state index < -0.39 is 0 Å². The van der Waals surface area contributed by atoms with Crippen molar-refractivity contribution in [2.24, 2.45) is 11.1 Å². The first-order valence-electron chi connectivity index (χ1n) is 5.50. The fraction of sp³-hybridized carbons (Fsp3) is 0.909. The molecule has 5 heteroatoms. The van der Waals surface area contributed by atoms with Crippen LogP contribution in [0.1, 0.15) is 33.6 Å². The van der Waals surface area contributed by atoms with Crippen molar-refractivity contribution in [2.45, 2.75) is 39.7 Å². The van der Waals surface area contributed by atoms with E-state index in [0.29, 0.717) is 13.2 Å². The number of nitrogens with one attached hydrogen (secondary N) is 1. The summed E-state index contributed by atoms with van der Waals surface area (Å²) in [7, 11) is 1.57. The van der Waals surface area contributed by atoms with Crippen LogP contribution in [0.3, 0.4) is 0 Å². The topological polar surface area (TPSA) is 73.6 Å². The lowest BCUT2D eigenvalue weighted by Crippen LogP contribution is -2.34. The molecule has 5 nitrogen and oxygen atoms in total. The Kier molecular flexibility index (Phi) is 7.29. The third-order valence-electron chi connectivity index (χ3n) is 1.90. The third kappa shape index (κ3) is 9.89. The van der Waals surface area contributed by atoms with Crippen molar-refractivity contribution >= 4 is 5.91 Å². The van der Waals surface area contributed by atoms with Gasteiger partial charge in [0, 0.05) is 19.6 Å². The molecule has 0 saturated heterocycles. The number of hydrogen-bond acceptors (Lipinski definition) is 4. The van der Waals surface area contributed by atoms with Crippen LogP contribution in [0.15, 0.2) is 0 Å². The van der Waals surface area contributed by atoms with Gasteiger partial charge in [0.15, 0.2) is 0 Å². The fourth-order valence-corrected chi connectivity index (χ4v) is 1.40. The molecule has 0 heterocycles. The molecule has 0 aromatic carbocycles. The van der Waals surface area contributed by atoms with E-state index in [1.807, 2.05) is 0 Å². The third-order valence-corrected chi connectivity index (χ3v) is 1.90. The zero-order chi connectivity index (χ0) is 12.6. The maximum atomic E-state index is 11.3. The maximum absolute atomic E-state index is 11.3. The first-order valence-corrected chi connectivity index (χ1v) is 5.50. The molecule has 0 aliphatic heterocycles. The highest BCUT2D eigenvalue weighted by Gasteiger charge is 2.18. The maximum Gasteiger partial charge on any atom is 0.245 e. The van der Waals surface area contributed by atoms with Gasteiger partial charge >= 0.3 is 0 Å². The Morgan fingerprint density at radius 1 is 1.38 bits per heavy atom.